The molecule has 0 amide bonds. The van der Waals surface area contributed by atoms with Crippen LogP contribution in [0.4, 0.5) is 0 Å². The van der Waals surface area contributed by atoms with E-state index in [9.17, 15) is 5.11 Å². The third kappa shape index (κ3) is 3.68. The molecule has 0 saturated carbocycles. The van der Waals surface area contributed by atoms with Crippen LogP contribution in [0.2, 0.25) is 0 Å². The molecule has 0 fully saturated rings. The number of nitrogens with one attached hydrogen (secondary N) is 1. The summed E-state index contributed by atoms with van der Waals surface area (Å²) in [5, 5.41) is 23.3. The van der Waals surface area contributed by atoms with Gasteiger partial charge in [-0.15, -0.1) is 10.2 Å². The van der Waals surface area contributed by atoms with Crippen LogP contribution in [0, 0.1) is 0 Å². The van der Waals surface area contributed by atoms with Gasteiger partial charge in [0.05, 0.1) is 7.11 Å². The van der Waals surface area contributed by atoms with Crippen LogP contribution in [0.15, 0.2) is 18.2 Å². The molecule has 2 N–H and O–H groups in total. The number of hydrogen-bond acceptors (Lipinski definition) is 6. The summed E-state index contributed by atoms with van der Waals surface area (Å²) < 4.78 is 5.03. The molecule has 0 aliphatic carbocycles. The van der Waals surface area contributed by atoms with Crippen molar-refractivity contribution in [1.82, 2.24) is 15.5 Å². The molecule has 2 aromatic rings. The van der Waals surface area contributed by atoms with Crippen LogP contribution in [0.3, 0.4) is 0 Å². The number of benzene rings is 1. The molecule has 1 heterocycles. The Labute approximate surface area is 122 Å². The number of phenols is 1. The molecule has 20 heavy (non-hydrogen) atoms. The maximum atomic E-state index is 9.78. The predicted molar refractivity (Wildman–Crippen MR) is 80.4 cm³/mol. The molecule has 0 aliphatic heterocycles. The van der Waals surface area contributed by atoms with Crippen molar-refractivity contribution in [2.24, 2.45) is 0 Å². The topological polar surface area (TPSA) is 67.3 Å². The Hall–Kier alpha value is -1.66. The van der Waals surface area contributed by atoms with Crippen molar-refractivity contribution in [2.45, 2.75) is 19.8 Å². The van der Waals surface area contributed by atoms with E-state index in [0.717, 1.165) is 41.5 Å². The second-order valence-corrected chi connectivity index (χ2v) is 5.45. The van der Waals surface area contributed by atoms with Gasteiger partial charge < -0.3 is 15.2 Å². The molecular weight excluding hydrogens is 274 g/mol. The van der Waals surface area contributed by atoms with Gasteiger partial charge in [0, 0.05) is 18.5 Å². The quantitative estimate of drug-likeness (QED) is 0.768. The zero-order valence-electron chi connectivity index (χ0n) is 11.7. The standard InChI is InChI=1S/C14H19N3O2S/c1-3-7-15-8-6-13-16-17-14(20-13)10-4-5-12(19-2)11(18)9-10/h4-5,9,15,18H,3,6-8H2,1-2H3. The van der Waals surface area contributed by atoms with E-state index in [2.05, 4.69) is 22.4 Å². The fourth-order valence-electron chi connectivity index (χ4n) is 1.79. The second-order valence-electron chi connectivity index (χ2n) is 4.39. The fourth-order valence-corrected chi connectivity index (χ4v) is 2.63. The molecule has 0 radical (unpaired) electrons. The van der Waals surface area contributed by atoms with Gasteiger partial charge in [0.2, 0.25) is 0 Å². The molecule has 0 atom stereocenters. The van der Waals surface area contributed by atoms with Crippen molar-refractivity contribution in [3.05, 3.63) is 23.2 Å². The van der Waals surface area contributed by atoms with E-state index in [0.29, 0.717) is 5.75 Å². The van der Waals surface area contributed by atoms with Gasteiger partial charge in [-0.1, -0.05) is 18.3 Å². The number of aromatic hydroxyl groups is 1. The normalized spacial score (nSPS) is 10.7. The number of aromatic nitrogens is 2. The van der Waals surface area contributed by atoms with Gasteiger partial charge in [-0.2, -0.15) is 0 Å². The van der Waals surface area contributed by atoms with Crippen LogP contribution in [-0.4, -0.2) is 35.5 Å². The summed E-state index contributed by atoms with van der Waals surface area (Å²) >= 11 is 1.55. The smallest absolute Gasteiger partial charge is 0.160 e. The van der Waals surface area contributed by atoms with Crippen LogP contribution >= 0.6 is 11.3 Å². The first-order valence-electron chi connectivity index (χ1n) is 6.65. The van der Waals surface area contributed by atoms with Crippen LogP contribution < -0.4 is 10.1 Å². The number of phenolic OH excluding ortho intramolecular Hbond substituents is 1. The van der Waals surface area contributed by atoms with E-state index in [1.54, 1.807) is 23.5 Å². The Bertz CT molecular complexity index is 557. The number of ether oxygens (including phenoxy) is 1. The van der Waals surface area contributed by atoms with Crippen molar-refractivity contribution < 1.29 is 9.84 Å². The summed E-state index contributed by atoms with van der Waals surface area (Å²) in [6, 6.07) is 5.26. The van der Waals surface area contributed by atoms with Crippen molar-refractivity contribution >= 4 is 11.3 Å². The zero-order chi connectivity index (χ0) is 14.4. The highest BCUT2D eigenvalue weighted by molar-refractivity contribution is 7.14. The average molecular weight is 293 g/mol. The lowest BCUT2D eigenvalue weighted by atomic mass is 10.2. The Morgan fingerprint density at radius 3 is 2.85 bits per heavy atom. The van der Waals surface area contributed by atoms with Gasteiger partial charge in [0.15, 0.2) is 11.5 Å². The largest absolute Gasteiger partial charge is 0.504 e. The van der Waals surface area contributed by atoms with Crippen molar-refractivity contribution in [3.63, 3.8) is 0 Å². The molecule has 1 aromatic carbocycles. The Balaban J connectivity index is 2.03. The van der Waals surface area contributed by atoms with Gasteiger partial charge in [0.1, 0.15) is 10.0 Å². The van der Waals surface area contributed by atoms with Gasteiger partial charge in [-0.05, 0) is 31.2 Å². The molecule has 5 nitrogen and oxygen atoms in total. The Morgan fingerprint density at radius 2 is 2.15 bits per heavy atom. The van der Waals surface area contributed by atoms with Gasteiger partial charge in [-0.25, -0.2) is 0 Å². The lowest BCUT2D eigenvalue weighted by Gasteiger charge is -2.03. The average Bonchev–Trinajstić information content (AvgIpc) is 2.92. The molecule has 108 valence electrons. The zero-order valence-corrected chi connectivity index (χ0v) is 12.5. The fraction of sp³-hybridized carbons (Fsp3) is 0.429. The van der Waals surface area contributed by atoms with Gasteiger partial charge >= 0.3 is 0 Å². The molecule has 6 heteroatoms. The van der Waals surface area contributed by atoms with Crippen LogP contribution in [0.5, 0.6) is 11.5 Å². The number of hydrogen-bond donors (Lipinski definition) is 2. The molecule has 2 rings (SSSR count). The number of nitrogens with zero attached hydrogens (tertiary/aromatic N) is 2. The van der Waals surface area contributed by atoms with E-state index in [4.69, 9.17) is 4.74 Å². The molecule has 0 bridgehead atoms. The van der Waals surface area contributed by atoms with Crippen molar-refractivity contribution in [3.8, 4) is 22.1 Å². The summed E-state index contributed by atoms with van der Waals surface area (Å²) in [6.07, 6.45) is 2.01. The first-order chi connectivity index (χ1) is 9.74. The molecule has 1 aromatic heterocycles. The number of methoxy groups -OCH3 is 1. The van der Waals surface area contributed by atoms with E-state index >= 15 is 0 Å². The second kappa shape index (κ2) is 7.21. The summed E-state index contributed by atoms with van der Waals surface area (Å²) in [4.78, 5) is 0. The van der Waals surface area contributed by atoms with E-state index < -0.39 is 0 Å². The van der Waals surface area contributed by atoms with Crippen LogP contribution in [-0.2, 0) is 6.42 Å². The molecular formula is C14H19N3O2S. The lowest BCUT2D eigenvalue weighted by molar-refractivity contribution is 0.373. The summed E-state index contributed by atoms with van der Waals surface area (Å²) in [6.45, 7) is 4.08. The number of rotatable bonds is 7. The molecule has 0 spiro atoms. The van der Waals surface area contributed by atoms with Crippen molar-refractivity contribution in [1.29, 1.82) is 0 Å². The van der Waals surface area contributed by atoms with Gasteiger partial charge in [-0.3, -0.25) is 0 Å². The maximum Gasteiger partial charge on any atom is 0.160 e. The minimum atomic E-state index is 0.117. The molecule has 0 saturated heterocycles. The summed E-state index contributed by atoms with van der Waals surface area (Å²) in [5.74, 6) is 0.577. The van der Waals surface area contributed by atoms with Crippen molar-refractivity contribution in [2.75, 3.05) is 20.2 Å². The molecule has 0 unspecified atom stereocenters. The van der Waals surface area contributed by atoms with Gasteiger partial charge in [0.25, 0.3) is 0 Å². The van der Waals surface area contributed by atoms with Crippen LogP contribution in [0.25, 0.3) is 10.6 Å². The highest BCUT2D eigenvalue weighted by atomic mass is 32.1. The predicted octanol–water partition coefficient (Wildman–Crippen LogP) is 2.46. The van der Waals surface area contributed by atoms with E-state index in [1.807, 2.05) is 6.07 Å². The molecule has 0 aliphatic rings. The monoisotopic (exact) mass is 293 g/mol. The van der Waals surface area contributed by atoms with E-state index in [-0.39, 0.29) is 5.75 Å². The minimum Gasteiger partial charge on any atom is -0.504 e. The summed E-state index contributed by atoms with van der Waals surface area (Å²) in [7, 11) is 1.53. The summed E-state index contributed by atoms with van der Waals surface area (Å²) in [5.41, 5.74) is 0.855. The van der Waals surface area contributed by atoms with E-state index in [1.165, 1.54) is 7.11 Å². The highest BCUT2D eigenvalue weighted by Gasteiger charge is 2.09. The highest BCUT2D eigenvalue weighted by Crippen LogP contribution is 2.32. The lowest BCUT2D eigenvalue weighted by Crippen LogP contribution is -2.17. The first kappa shape index (κ1) is 14.7. The maximum absolute atomic E-state index is 9.78. The Kier molecular flexibility index (Phi) is 5.31. The Morgan fingerprint density at radius 1 is 1.30 bits per heavy atom. The third-order valence-electron chi connectivity index (χ3n) is 2.84. The van der Waals surface area contributed by atoms with Crippen LogP contribution in [0.1, 0.15) is 18.4 Å². The SMILES string of the molecule is CCCNCCc1nnc(-c2ccc(OC)c(O)c2)s1. The first-order valence-corrected chi connectivity index (χ1v) is 7.46. The third-order valence-corrected chi connectivity index (χ3v) is 3.87. The minimum absolute atomic E-state index is 0.117.